The molecule has 0 spiro atoms. The lowest BCUT2D eigenvalue weighted by Gasteiger charge is -2.24. The van der Waals surface area contributed by atoms with Crippen LogP contribution in [0.15, 0.2) is 6.33 Å². The minimum atomic E-state index is -1.73. The van der Waals surface area contributed by atoms with Crippen molar-refractivity contribution in [3.8, 4) is 0 Å². The highest BCUT2D eigenvalue weighted by molar-refractivity contribution is 5.84. The van der Waals surface area contributed by atoms with Crippen LogP contribution < -0.4 is 10.6 Å². The van der Waals surface area contributed by atoms with E-state index in [-0.39, 0.29) is 0 Å². The van der Waals surface area contributed by atoms with Gasteiger partial charge in [0.1, 0.15) is 11.7 Å². The maximum Gasteiger partial charge on any atom is 0.226 e. The number of ether oxygens (including phenoxy) is 1. The summed E-state index contributed by atoms with van der Waals surface area (Å²) >= 11 is 0. The smallest absolute Gasteiger partial charge is 0.226 e. The van der Waals surface area contributed by atoms with Gasteiger partial charge in [-0.1, -0.05) is 0 Å². The molecule has 0 bridgehead atoms. The number of hydrogen-bond donors (Lipinski definition) is 4. The van der Waals surface area contributed by atoms with Crippen LogP contribution in [-0.2, 0) is 4.74 Å². The van der Waals surface area contributed by atoms with Crippen LogP contribution in [0.5, 0.6) is 0 Å². The van der Waals surface area contributed by atoms with Crippen molar-refractivity contribution in [3.63, 3.8) is 0 Å². The van der Waals surface area contributed by atoms with Gasteiger partial charge < -0.3 is 25.6 Å². The molecular weight excluding hydrogens is 307 g/mol. The van der Waals surface area contributed by atoms with Gasteiger partial charge in [-0.3, -0.25) is 4.57 Å². The molecule has 126 valence electrons. The van der Waals surface area contributed by atoms with Crippen molar-refractivity contribution in [1.29, 1.82) is 0 Å². The minimum Gasteiger partial charge on any atom is -0.393 e. The van der Waals surface area contributed by atoms with E-state index >= 15 is 0 Å². The van der Waals surface area contributed by atoms with E-state index in [9.17, 15) is 14.6 Å². The summed E-state index contributed by atoms with van der Waals surface area (Å²) in [5.41, 5.74) is -0.573. The first-order valence-corrected chi connectivity index (χ1v) is 7.16. The normalized spacial score (nSPS) is 30.8. The molecule has 0 amide bonds. The summed E-state index contributed by atoms with van der Waals surface area (Å²) in [5.74, 6) is 0.819. The average molecular weight is 326 g/mol. The first-order valence-electron chi connectivity index (χ1n) is 7.16. The topological polar surface area (TPSA) is 117 Å². The minimum absolute atomic E-state index is 0.336. The average Bonchev–Trinajstić information content (AvgIpc) is 3.09. The number of fused-ring (bicyclic) bond motifs is 1. The monoisotopic (exact) mass is 326 g/mol. The van der Waals surface area contributed by atoms with Crippen molar-refractivity contribution in [1.82, 2.24) is 19.5 Å². The lowest BCUT2D eigenvalue weighted by Crippen LogP contribution is -2.42. The number of aliphatic hydroxyl groups is 2. The molecule has 0 aliphatic carbocycles. The second-order valence-electron chi connectivity index (χ2n) is 5.59. The van der Waals surface area contributed by atoms with Crippen LogP contribution in [0, 0.1) is 0 Å². The Morgan fingerprint density at radius 2 is 2.13 bits per heavy atom. The standard InChI is InChI=1S/C13H19FN6O3/c1-13(4-21)8(22)6(14)11(23-13)20-5-17-7-9(15-2)18-12(16-3)19-10(7)20/h5-6,8,11,21-22H,4H2,1-3H3,(H2,15,16,18,19)/t6-,8+,11-,13-/m1/s1. The van der Waals surface area contributed by atoms with E-state index in [4.69, 9.17) is 4.74 Å². The van der Waals surface area contributed by atoms with Crippen LogP contribution >= 0.6 is 0 Å². The second-order valence-corrected chi connectivity index (χ2v) is 5.59. The Balaban J connectivity index is 2.10. The Labute approximate surface area is 131 Å². The van der Waals surface area contributed by atoms with Crippen LogP contribution in [0.4, 0.5) is 16.2 Å². The molecular formula is C13H19FN6O3. The number of anilines is 2. The van der Waals surface area contributed by atoms with E-state index in [0.29, 0.717) is 22.9 Å². The van der Waals surface area contributed by atoms with Gasteiger partial charge >= 0.3 is 0 Å². The summed E-state index contributed by atoms with van der Waals surface area (Å²) < 4.78 is 21.5. The Morgan fingerprint density at radius 1 is 1.39 bits per heavy atom. The quantitative estimate of drug-likeness (QED) is 0.615. The van der Waals surface area contributed by atoms with Crippen LogP contribution in [0.1, 0.15) is 13.2 Å². The number of nitrogens with one attached hydrogen (secondary N) is 2. The van der Waals surface area contributed by atoms with Gasteiger partial charge in [-0.15, -0.1) is 0 Å². The summed E-state index contributed by atoms with van der Waals surface area (Å²) in [6.45, 7) is 0.951. The van der Waals surface area contributed by atoms with Crippen molar-refractivity contribution in [2.75, 3.05) is 31.3 Å². The highest BCUT2D eigenvalue weighted by atomic mass is 19.1. The first kappa shape index (κ1) is 15.8. The van der Waals surface area contributed by atoms with Crippen molar-refractivity contribution < 1.29 is 19.3 Å². The van der Waals surface area contributed by atoms with Gasteiger partial charge in [0.05, 0.1) is 12.9 Å². The van der Waals surface area contributed by atoms with E-state index < -0.39 is 30.7 Å². The van der Waals surface area contributed by atoms with Crippen molar-refractivity contribution in [3.05, 3.63) is 6.33 Å². The number of aliphatic hydroxyl groups excluding tert-OH is 2. The van der Waals surface area contributed by atoms with E-state index in [1.807, 2.05) is 0 Å². The summed E-state index contributed by atoms with van der Waals surface area (Å²) in [7, 11) is 3.36. The molecule has 9 nitrogen and oxygen atoms in total. The van der Waals surface area contributed by atoms with E-state index in [1.165, 1.54) is 17.8 Å². The number of alkyl halides is 1. The van der Waals surface area contributed by atoms with Gasteiger partial charge in [0, 0.05) is 14.1 Å². The summed E-state index contributed by atoms with van der Waals surface area (Å²) in [6.07, 6.45) is -2.94. The van der Waals surface area contributed by atoms with Gasteiger partial charge in [-0.05, 0) is 6.92 Å². The highest BCUT2D eigenvalue weighted by Crippen LogP contribution is 2.40. The zero-order valence-corrected chi connectivity index (χ0v) is 13.0. The third kappa shape index (κ3) is 2.30. The Hall–Kier alpha value is -2.04. The maximum absolute atomic E-state index is 14.5. The van der Waals surface area contributed by atoms with Crippen molar-refractivity contribution >= 4 is 22.9 Å². The van der Waals surface area contributed by atoms with Crippen molar-refractivity contribution in [2.45, 2.75) is 31.0 Å². The van der Waals surface area contributed by atoms with Crippen LogP contribution in [0.2, 0.25) is 0 Å². The van der Waals surface area contributed by atoms with Gasteiger partial charge in [-0.25, -0.2) is 9.37 Å². The van der Waals surface area contributed by atoms with E-state index in [1.54, 1.807) is 14.1 Å². The molecule has 1 fully saturated rings. The van der Waals surface area contributed by atoms with E-state index in [0.717, 1.165) is 0 Å². The Morgan fingerprint density at radius 3 is 2.70 bits per heavy atom. The molecule has 4 N–H and O–H groups in total. The molecule has 2 aromatic heterocycles. The highest BCUT2D eigenvalue weighted by Gasteiger charge is 2.53. The fourth-order valence-corrected chi connectivity index (χ4v) is 2.63. The molecule has 3 heterocycles. The summed E-state index contributed by atoms with van der Waals surface area (Å²) in [4.78, 5) is 12.7. The van der Waals surface area contributed by atoms with Crippen LogP contribution in [0.25, 0.3) is 11.2 Å². The zero-order chi connectivity index (χ0) is 16.8. The van der Waals surface area contributed by atoms with Gasteiger partial charge in [0.25, 0.3) is 0 Å². The third-order valence-electron chi connectivity index (χ3n) is 4.06. The van der Waals surface area contributed by atoms with Crippen molar-refractivity contribution in [2.24, 2.45) is 0 Å². The van der Waals surface area contributed by atoms with Crippen LogP contribution in [-0.4, -0.2) is 68.3 Å². The number of hydrogen-bond acceptors (Lipinski definition) is 8. The zero-order valence-electron chi connectivity index (χ0n) is 13.0. The van der Waals surface area contributed by atoms with Gasteiger partial charge in [-0.2, -0.15) is 9.97 Å². The molecule has 0 saturated carbocycles. The predicted octanol–water partition coefficient (Wildman–Crippen LogP) is -0.112. The fourth-order valence-electron chi connectivity index (χ4n) is 2.63. The maximum atomic E-state index is 14.5. The lowest BCUT2D eigenvalue weighted by atomic mass is 9.99. The second kappa shape index (κ2) is 5.55. The number of halogens is 1. The molecule has 0 aromatic carbocycles. The molecule has 10 heteroatoms. The Kier molecular flexibility index (Phi) is 3.82. The SMILES string of the molecule is CNc1nc(NC)c2ncn([C@@H]3O[C@](C)(CO)[C@@H](O)[C@H]3F)c2n1. The van der Waals surface area contributed by atoms with Gasteiger partial charge in [0.15, 0.2) is 29.4 Å². The van der Waals surface area contributed by atoms with E-state index in [2.05, 4.69) is 25.6 Å². The molecule has 0 unspecified atom stereocenters. The summed E-state index contributed by atoms with van der Waals surface area (Å²) in [5, 5.41) is 25.1. The number of imidazole rings is 1. The fraction of sp³-hybridized carbons (Fsp3) is 0.615. The molecule has 4 atom stereocenters. The molecule has 1 aliphatic heterocycles. The largest absolute Gasteiger partial charge is 0.393 e. The number of rotatable bonds is 4. The van der Waals surface area contributed by atoms with Crippen LogP contribution in [0.3, 0.4) is 0 Å². The predicted molar refractivity (Wildman–Crippen MR) is 80.9 cm³/mol. The Bertz CT molecular complexity index is 725. The summed E-state index contributed by atoms with van der Waals surface area (Å²) in [6, 6.07) is 0. The molecule has 3 rings (SSSR count). The molecule has 1 aliphatic rings. The molecule has 0 radical (unpaired) electrons. The molecule has 1 saturated heterocycles. The lowest BCUT2D eigenvalue weighted by molar-refractivity contribution is -0.115. The third-order valence-corrected chi connectivity index (χ3v) is 4.06. The van der Waals surface area contributed by atoms with Gasteiger partial charge in [0.2, 0.25) is 5.95 Å². The number of nitrogens with zero attached hydrogens (tertiary/aromatic N) is 4. The number of aromatic nitrogens is 4. The molecule has 23 heavy (non-hydrogen) atoms. The first-order chi connectivity index (χ1) is 10.9. The molecule has 2 aromatic rings.